The highest BCUT2D eigenvalue weighted by Gasteiger charge is 2.17. The third-order valence-corrected chi connectivity index (χ3v) is 1.61. The molecule has 0 radical (unpaired) electrons. The van der Waals surface area contributed by atoms with Crippen molar-refractivity contribution in [1.82, 2.24) is 0 Å². The van der Waals surface area contributed by atoms with Crippen LogP contribution in [0.2, 0.25) is 0 Å². The quantitative estimate of drug-likeness (QED) is 0.406. The molecule has 9 heavy (non-hydrogen) atoms. The van der Waals surface area contributed by atoms with Crippen molar-refractivity contribution in [2.45, 2.75) is 33.7 Å². The van der Waals surface area contributed by atoms with Gasteiger partial charge in [0.1, 0.15) is 0 Å². The minimum absolute atomic E-state index is 0.214. The summed E-state index contributed by atoms with van der Waals surface area (Å²) in [6.45, 7) is 8.44. The zero-order valence-electron chi connectivity index (χ0n) is 6.43. The van der Waals surface area contributed by atoms with E-state index in [1.165, 1.54) is 0 Å². The Hall–Kier alpha value is -0.200. The fraction of sp³-hybridized carbons (Fsp3) is 0.857. The molecule has 2 heteroatoms. The lowest BCUT2D eigenvalue weighted by molar-refractivity contribution is 0.343. The maximum absolute atomic E-state index is 4.48. The van der Waals surface area contributed by atoms with Crippen LogP contribution in [-0.4, -0.2) is 11.2 Å². The number of thiocarbonyl (C=S) groups is 1. The molecule has 0 aliphatic carbocycles. The van der Waals surface area contributed by atoms with Gasteiger partial charge in [0.25, 0.3) is 0 Å². The minimum Gasteiger partial charge on any atom is -0.229 e. The monoisotopic (exact) mass is 143 g/mol. The van der Waals surface area contributed by atoms with Crippen molar-refractivity contribution in [3.63, 3.8) is 0 Å². The first kappa shape index (κ1) is 8.80. The summed E-state index contributed by atoms with van der Waals surface area (Å²) in [5, 5.41) is 2.38. The van der Waals surface area contributed by atoms with E-state index in [2.05, 4.69) is 43.1 Å². The van der Waals surface area contributed by atoms with Gasteiger partial charge >= 0.3 is 0 Å². The zero-order chi connectivity index (χ0) is 7.49. The third kappa shape index (κ3) is 3.39. The summed E-state index contributed by atoms with van der Waals surface area (Å²) in [6.07, 6.45) is 0. The van der Waals surface area contributed by atoms with Gasteiger partial charge in [0.15, 0.2) is 0 Å². The molecule has 0 amide bonds. The van der Waals surface area contributed by atoms with E-state index < -0.39 is 0 Å². The Balaban J connectivity index is 4.03. The standard InChI is InChI=1S/C7H13NS/c1-6(8-5-9)7(2,3)4/h6H,1-4H3/t6-/m0/s1. The summed E-state index contributed by atoms with van der Waals surface area (Å²) in [7, 11) is 0. The van der Waals surface area contributed by atoms with E-state index in [1.54, 1.807) is 0 Å². The van der Waals surface area contributed by atoms with Gasteiger partial charge in [0.2, 0.25) is 0 Å². The summed E-state index contributed by atoms with van der Waals surface area (Å²) in [5.74, 6) is 0. The van der Waals surface area contributed by atoms with Gasteiger partial charge in [-0.25, -0.2) is 4.99 Å². The number of hydrogen-bond acceptors (Lipinski definition) is 2. The first-order chi connectivity index (χ1) is 3.98. The van der Waals surface area contributed by atoms with Crippen LogP contribution in [0.3, 0.4) is 0 Å². The lowest BCUT2D eigenvalue weighted by Gasteiger charge is -2.21. The molecule has 0 N–H and O–H groups in total. The van der Waals surface area contributed by atoms with Crippen LogP contribution < -0.4 is 0 Å². The Morgan fingerprint density at radius 1 is 1.44 bits per heavy atom. The number of nitrogens with zero attached hydrogens (tertiary/aromatic N) is 1. The number of hydrogen-bond donors (Lipinski definition) is 0. The van der Waals surface area contributed by atoms with E-state index in [0.717, 1.165) is 0 Å². The Labute approximate surface area is 62.2 Å². The Bertz CT molecular complexity index is 128. The van der Waals surface area contributed by atoms with Crippen molar-refractivity contribution in [2.75, 3.05) is 0 Å². The summed E-state index contributed by atoms with van der Waals surface area (Å²) in [6, 6.07) is 0.273. The van der Waals surface area contributed by atoms with Gasteiger partial charge in [-0.2, -0.15) is 0 Å². The van der Waals surface area contributed by atoms with E-state index in [4.69, 9.17) is 0 Å². The van der Waals surface area contributed by atoms with Gasteiger partial charge in [-0.15, -0.1) is 0 Å². The lowest BCUT2D eigenvalue weighted by atomic mass is 9.89. The van der Waals surface area contributed by atoms with E-state index in [9.17, 15) is 0 Å². The summed E-state index contributed by atoms with van der Waals surface area (Å²) >= 11 is 4.48. The number of aliphatic imine (C=N–C) groups is 1. The van der Waals surface area contributed by atoms with Crippen LogP contribution in [0.5, 0.6) is 0 Å². The molecule has 0 aliphatic heterocycles. The molecule has 1 nitrogen and oxygen atoms in total. The van der Waals surface area contributed by atoms with Gasteiger partial charge < -0.3 is 0 Å². The predicted molar refractivity (Wildman–Crippen MR) is 43.9 cm³/mol. The molecule has 0 saturated heterocycles. The normalized spacial score (nSPS) is 14.2. The van der Waals surface area contributed by atoms with Crippen LogP contribution in [0.1, 0.15) is 27.7 Å². The Kier molecular flexibility index (Phi) is 3.02. The maximum Gasteiger partial charge on any atom is 0.0622 e. The van der Waals surface area contributed by atoms with Crippen LogP contribution in [0.4, 0.5) is 0 Å². The Morgan fingerprint density at radius 2 is 1.89 bits per heavy atom. The van der Waals surface area contributed by atoms with Crippen molar-refractivity contribution >= 4 is 17.4 Å². The van der Waals surface area contributed by atoms with E-state index in [0.29, 0.717) is 0 Å². The van der Waals surface area contributed by atoms with Gasteiger partial charge in [-0.3, -0.25) is 0 Å². The fourth-order valence-corrected chi connectivity index (χ4v) is 0.431. The summed E-state index contributed by atoms with van der Waals surface area (Å²) in [5.41, 5.74) is 0.214. The van der Waals surface area contributed by atoms with Crippen LogP contribution in [0, 0.1) is 5.41 Å². The van der Waals surface area contributed by atoms with Crippen LogP contribution >= 0.6 is 12.2 Å². The summed E-state index contributed by atoms with van der Waals surface area (Å²) in [4.78, 5) is 3.96. The Morgan fingerprint density at radius 3 is 2.00 bits per heavy atom. The maximum atomic E-state index is 4.48. The average Bonchev–Trinajstić information content (AvgIpc) is 1.64. The van der Waals surface area contributed by atoms with Crippen LogP contribution in [-0.2, 0) is 0 Å². The molecule has 0 rings (SSSR count). The van der Waals surface area contributed by atoms with Crippen LogP contribution in [0.25, 0.3) is 0 Å². The second-order valence-electron chi connectivity index (χ2n) is 3.26. The van der Waals surface area contributed by atoms with Crippen molar-refractivity contribution < 1.29 is 0 Å². The van der Waals surface area contributed by atoms with Crippen molar-refractivity contribution in [1.29, 1.82) is 0 Å². The van der Waals surface area contributed by atoms with Crippen LogP contribution in [0.15, 0.2) is 4.99 Å². The molecule has 0 aromatic carbocycles. The SMILES string of the molecule is C[C@H](N=C=S)C(C)(C)C. The minimum atomic E-state index is 0.214. The highest BCUT2D eigenvalue weighted by molar-refractivity contribution is 7.78. The van der Waals surface area contributed by atoms with Gasteiger partial charge in [0, 0.05) is 0 Å². The molecule has 0 aliphatic rings. The van der Waals surface area contributed by atoms with E-state index in [1.807, 2.05) is 6.92 Å². The molecule has 0 fully saturated rings. The van der Waals surface area contributed by atoms with Gasteiger partial charge in [0.05, 0.1) is 11.2 Å². The smallest absolute Gasteiger partial charge is 0.0622 e. The molecule has 0 spiro atoms. The van der Waals surface area contributed by atoms with Gasteiger partial charge in [-0.05, 0) is 24.6 Å². The molecule has 0 unspecified atom stereocenters. The van der Waals surface area contributed by atoms with Crippen molar-refractivity contribution in [2.24, 2.45) is 10.4 Å². The molecule has 0 aromatic heterocycles. The molecular weight excluding hydrogens is 130 g/mol. The van der Waals surface area contributed by atoms with E-state index >= 15 is 0 Å². The first-order valence-corrected chi connectivity index (χ1v) is 3.46. The molecule has 0 saturated carbocycles. The fourth-order valence-electron chi connectivity index (χ4n) is 0.273. The van der Waals surface area contributed by atoms with Gasteiger partial charge in [-0.1, -0.05) is 20.8 Å². The van der Waals surface area contributed by atoms with E-state index in [-0.39, 0.29) is 11.5 Å². The highest BCUT2D eigenvalue weighted by Crippen LogP contribution is 2.20. The van der Waals surface area contributed by atoms with Crippen molar-refractivity contribution in [3.8, 4) is 0 Å². The summed E-state index contributed by atoms with van der Waals surface area (Å²) < 4.78 is 0. The highest BCUT2D eigenvalue weighted by atomic mass is 32.1. The molecule has 52 valence electrons. The topological polar surface area (TPSA) is 12.4 Å². The van der Waals surface area contributed by atoms with Crippen molar-refractivity contribution in [3.05, 3.63) is 0 Å². The molecular formula is C7H13NS. The molecule has 1 atom stereocenters. The molecule has 0 heterocycles. The zero-order valence-corrected chi connectivity index (χ0v) is 7.25. The predicted octanol–water partition coefficient (Wildman–Crippen LogP) is 2.52. The largest absolute Gasteiger partial charge is 0.229 e. The average molecular weight is 143 g/mol. The lowest BCUT2D eigenvalue weighted by Crippen LogP contribution is -2.20. The molecule has 0 aromatic rings. The number of rotatable bonds is 1. The number of isothiocyanates is 1. The third-order valence-electron chi connectivity index (χ3n) is 1.50. The molecule has 0 bridgehead atoms. The second kappa shape index (κ2) is 3.09. The second-order valence-corrected chi connectivity index (χ2v) is 3.44. The first-order valence-electron chi connectivity index (χ1n) is 3.05.